The minimum absolute atomic E-state index is 0.0360. The second-order valence-corrected chi connectivity index (χ2v) is 7.60. The Morgan fingerprint density at radius 2 is 2.00 bits per heavy atom. The van der Waals surface area contributed by atoms with Gasteiger partial charge in [-0.2, -0.15) is 0 Å². The molecule has 1 N–H and O–H groups in total. The largest absolute Gasteiger partial charge is 0.360 e. The molecule has 120 valence electrons. The van der Waals surface area contributed by atoms with Gasteiger partial charge in [0, 0.05) is 28.3 Å². The van der Waals surface area contributed by atoms with Crippen molar-refractivity contribution in [3.8, 4) is 0 Å². The lowest BCUT2D eigenvalue weighted by molar-refractivity contribution is -0.119. The summed E-state index contributed by atoms with van der Waals surface area (Å²) in [5, 5.41) is 4.17. The first-order valence-electron chi connectivity index (χ1n) is 7.63. The Hall–Kier alpha value is -1.65. The molecule has 0 aromatic heterocycles. The number of hydrogen-bond acceptors (Lipinski definition) is 3. The van der Waals surface area contributed by atoms with Crippen LogP contribution in [0.3, 0.4) is 0 Å². The third-order valence-corrected chi connectivity index (χ3v) is 5.15. The van der Waals surface area contributed by atoms with E-state index in [1.807, 2.05) is 48.2 Å². The monoisotopic (exact) mass is 346 g/mol. The fraction of sp³-hybridized carbons (Fsp3) is 0.278. The Kier molecular flexibility index (Phi) is 5.13. The quantitative estimate of drug-likeness (QED) is 0.909. The molecule has 1 amide bonds. The molecule has 2 aromatic carbocycles. The van der Waals surface area contributed by atoms with Crippen LogP contribution in [0.4, 0.5) is 5.69 Å². The molecule has 2 aromatic rings. The molecule has 0 unspecified atom stereocenters. The van der Waals surface area contributed by atoms with E-state index < -0.39 is 0 Å². The highest BCUT2D eigenvalue weighted by Gasteiger charge is 2.23. The Balaban J connectivity index is 1.60. The SMILES string of the molecule is C[C@@H]1CN(CC(=O)NCc2ccc(Cl)cc2)c2ccccc2S1. The number of carbonyl (C=O) groups is 1. The number of nitrogens with one attached hydrogen (secondary N) is 1. The second-order valence-electron chi connectivity index (χ2n) is 5.68. The van der Waals surface area contributed by atoms with Crippen molar-refractivity contribution in [1.29, 1.82) is 0 Å². The topological polar surface area (TPSA) is 32.3 Å². The molecular weight excluding hydrogens is 328 g/mol. The zero-order valence-electron chi connectivity index (χ0n) is 13.0. The molecule has 0 saturated carbocycles. The van der Waals surface area contributed by atoms with Crippen LogP contribution in [0.15, 0.2) is 53.4 Å². The average molecular weight is 347 g/mol. The van der Waals surface area contributed by atoms with Gasteiger partial charge in [0.1, 0.15) is 0 Å². The molecule has 0 fully saturated rings. The number of carbonyl (C=O) groups excluding carboxylic acids is 1. The number of halogens is 1. The zero-order valence-corrected chi connectivity index (χ0v) is 14.5. The van der Waals surface area contributed by atoms with Crippen molar-refractivity contribution in [2.75, 3.05) is 18.0 Å². The number of thioether (sulfide) groups is 1. The van der Waals surface area contributed by atoms with E-state index in [2.05, 4.69) is 29.3 Å². The highest BCUT2D eigenvalue weighted by molar-refractivity contribution is 8.00. The van der Waals surface area contributed by atoms with Gasteiger partial charge in [0.25, 0.3) is 0 Å². The first-order chi connectivity index (χ1) is 11.1. The van der Waals surface area contributed by atoms with Crippen molar-refractivity contribution < 1.29 is 4.79 Å². The first-order valence-corrected chi connectivity index (χ1v) is 8.89. The fourth-order valence-electron chi connectivity index (χ4n) is 2.66. The van der Waals surface area contributed by atoms with Gasteiger partial charge in [-0.25, -0.2) is 0 Å². The maximum absolute atomic E-state index is 12.3. The second kappa shape index (κ2) is 7.28. The van der Waals surface area contributed by atoms with Gasteiger partial charge >= 0.3 is 0 Å². The molecule has 0 aliphatic carbocycles. The highest BCUT2D eigenvalue weighted by Crippen LogP contribution is 2.37. The molecule has 1 atom stereocenters. The van der Waals surface area contributed by atoms with Gasteiger partial charge in [0.15, 0.2) is 0 Å². The first kappa shape index (κ1) is 16.2. The number of amides is 1. The van der Waals surface area contributed by atoms with E-state index in [9.17, 15) is 4.79 Å². The standard InChI is InChI=1S/C18H19ClN2OS/c1-13-11-21(16-4-2-3-5-17(16)23-13)12-18(22)20-10-14-6-8-15(19)9-7-14/h2-9,13H,10-12H2,1H3,(H,20,22)/t13-/m1/s1. The van der Waals surface area contributed by atoms with Gasteiger partial charge in [-0.15, -0.1) is 11.8 Å². The summed E-state index contributed by atoms with van der Waals surface area (Å²) in [7, 11) is 0. The lowest BCUT2D eigenvalue weighted by Gasteiger charge is -2.33. The summed E-state index contributed by atoms with van der Waals surface area (Å²) in [6.45, 7) is 3.99. The summed E-state index contributed by atoms with van der Waals surface area (Å²) in [6, 6.07) is 15.8. The van der Waals surface area contributed by atoms with E-state index in [-0.39, 0.29) is 5.91 Å². The van der Waals surface area contributed by atoms with Crippen molar-refractivity contribution in [2.45, 2.75) is 23.6 Å². The number of hydrogen-bond donors (Lipinski definition) is 1. The molecule has 3 nitrogen and oxygen atoms in total. The third kappa shape index (κ3) is 4.21. The van der Waals surface area contributed by atoms with Crippen LogP contribution in [-0.4, -0.2) is 24.2 Å². The highest BCUT2D eigenvalue weighted by atomic mass is 35.5. The Labute approximate surface area is 146 Å². The summed E-state index contributed by atoms with van der Waals surface area (Å²) in [6.07, 6.45) is 0. The van der Waals surface area contributed by atoms with Crippen molar-refractivity contribution in [1.82, 2.24) is 5.32 Å². The summed E-state index contributed by atoms with van der Waals surface area (Å²) < 4.78 is 0. The molecule has 23 heavy (non-hydrogen) atoms. The molecule has 1 heterocycles. The fourth-order valence-corrected chi connectivity index (χ4v) is 3.95. The normalized spacial score (nSPS) is 16.8. The van der Waals surface area contributed by atoms with Gasteiger partial charge in [0.05, 0.1) is 12.2 Å². The Bertz CT molecular complexity index is 690. The number of rotatable bonds is 4. The molecule has 5 heteroatoms. The van der Waals surface area contributed by atoms with E-state index in [0.717, 1.165) is 17.8 Å². The predicted molar refractivity (Wildman–Crippen MR) is 97.3 cm³/mol. The average Bonchev–Trinajstić information content (AvgIpc) is 2.54. The van der Waals surface area contributed by atoms with Crippen molar-refractivity contribution in [2.24, 2.45) is 0 Å². The summed E-state index contributed by atoms with van der Waals surface area (Å²) in [4.78, 5) is 15.7. The van der Waals surface area contributed by atoms with Gasteiger partial charge in [-0.05, 0) is 29.8 Å². The number of fused-ring (bicyclic) bond motifs is 1. The van der Waals surface area contributed by atoms with Crippen LogP contribution in [0.1, 0.15) is 12.5 Å². The lowest BCUT2D eigenvalue weighted by Crippen LogP contribution is -2.41. The van der Waals surface area contributed by atoms with Crippen LogP contribution >= 0.6 is 23.4 Å². The van der Waals surface area contributed by atoms with Gasteiger partial charge in [0.2, 0.25) is 5.91 Å². The van der Waals surface area contributed by atoms with Gasteiger partial charge < -0.3 is 10.2 Å². The molecule has 0 bridgehead atoms. The maximum atomic E-state index is 12.3. The molecule has 0 spiro atoms. The summed E-state index contributed by atoms with van der Waals surface area (Å²) >= 11 is 7.74. The molecular formula is C18H19ClN2OS. The Morgan fingerprint density at radius 3 is 2.78 bits per heavy atom. The van der Waals surface area contributed by atoms with Crippen LogP contribution in [0.2, 0.25) is 5.02 Å². The summed E-state index contributed by atoms with van der Waals surface area (Å²) in [5.41, 5.74) is 2.20. The molecule has 0 saturated heterocycles. The van der Waals surface area contributed by atoms with E-state index in [0.29, 0.717) is 23.4 Å². The van der Waals surface area contributed by atoms with Gasteiger partial charge in [-0.3, -0.25) is 4.79 Å². The van der Waals surface area contributed by atoms with Crippen molar-refractivity contribution >= 4 is 35.0 Å². The van der Waals surface area contributed by atoms with Crippen LogP contribution < -0.4 is 10.2 Å². The number of nitrogens with zero attached hydrogens (tertiary/aromatic N) is 1. The van der Waals surface area contributed by atoms with Crippen LogP contribution in [0.5, 0.6) is 0 Å². The number of para-hydroxylation sites is 1. The maximum Gasteiger partial charge on any atom is 0.239 e. The predicted octanol–water partition coefficient (Wildman–Crippen LogP) is 3.96. The molecule has 1 aliphatic heterocycles. The minimum Gasteiger partial charge on any atom is -0.360 e. The van der Waals surface area contributed by atoms with E-state index in [1.165, 1.54) is 4.90 Å². The molecule has 1 aliphatic rings. The smallest absolute Gasteiger partial charge is 0.239 e. The number of anilines is 1. The lowest BCUT2D eigenvalue weighted by atomic mass is 10.2. The number of benzene rings is 2. The minimum atomic E-state index is 0.0360. The molecule has 3 rings (SSSR count). The van der Waals surface area contributed by atoms with E-state index in [4.69, 9.17) is 11.6 Å². The van der Waals surface area contributed by atoms with Crippen LogP contribution in [0, 0.1) is 0 Å². The van der Waals surface area contributed by atoms with Crippen molar-refractivity contribution in [3.05, 3.63) is 59.1 Å². The van der Waals surface area contributed by atoms with Gasteiger partial charge in [-0.1, -0.05) is 42.8 Å². The summed E-state index contributed by atoms with van der Waals surface area (Å²) in [5.74, 6) is 0.0360. The van der Waals surface area contributed by atoms with E-state index >= 15 is 0 Å². The van der Waals surface area contributed by atoms with Crippen LogP contribution in [-0.2, 0) is 11.3 Å². The Morgan fingerprint density at radius 1 is 1.26 bits per heavy atom. The third-order valence-electron chi connectivity index (χ3n) is 3.75. The van der Waals surface area contributed by atoms with Crippen LogP contribution in [0.25, 0.3) is 0 Å². The zero-order chi connectivity index (χ0) is 16.2. The van der Waals surface area contributed by atoms with Crippen molar-refractivity contribution in [3.63, 3.8) is 0 Å². The van der Waals surface area contributed by atoms with E-state index in [1.54, 1.807) is 0 Å². The molecule has 0 radical (unpaired) electrons.